The molecule has 2 aromatic rings. The molecule has 0 radical (unpaired) electrons. The Hall–Kier alpha value is -2.60. The maximum Gasteiger partial charge on any atom is 0.255 e. The molecular weight excluding hydrogens is 376 g/mol. The average molecular weight is 411 g/mol. The van der Waals surface area contributed by atoms with Crippen LogP contribution in [0.5, 0.6) is 0 Å². The Labute approximate surface area is 180 Å². The van der Waals surface area contributed by atoms with E-state index >= 15 is 0 Å². The van der Waals surface area contributed by atoms with E-state index in [0.29, 0.717) is 19.6 Å². The molecule has 6 nitrogen and oxygen atoms in total. The first-order valence-electron chi connectivity index (χ1n) is 10.9. The van der Waals surface area contributed by atoms with Crippen LogP contribution in [-0.2, 0) is 11.3 Å². The van der Waals surface area contributed by atoms with Gasteiger partial charge in [-0.2, -0.15) is 0 Å². The van der Waals surface area contributed by atoms with Crippen molar-refractivity contribution in [2.45, 2.75) is 34.2 Å². The SMILES string of the molecule is CCN(CC)C(=O)CN1CCN(C(=O)c2cc(C)n(Cc3ccccc3)c2C)CC1. The molecule has 1 fully saturated rings. The standard InChI is InChI=1S/C24H34N4O2/c1-5-26(6-2)23(29)18-25-12-14-27(15-13-25)24(30)22-16-19(3)28(20(22)4)17-21-10-8-7-9-11-21/h7-11,16H,5-6,12-15,17-18H2,1-4H3. The second kappa shape index (κ2) is 9.94. The minimum absolute atomic E-state index is 0.0946. The van der Waals surface area contributed by atoms with Crippen molar-refractivity contribution < 1.29 is 9.59 Å². The second-order valence-electron chi connectivity index (χ2n) is 7.99. The summed E-state index contributed by atoms with van der Waals surface area (Å²) in [5, 5.41) is 0. The summed E-state index contributed by atoms with van der Waals surface area (Å²) >= 11 is 0. The van der Waals surface area contributed by atoms with Crippen LogP contribution in [0.2, 0.25) is 0 Å². The molecule has 0 spiro atoms. The lowest BCUT2D eigenvalue weighted by Crippen LogP contribution is -2.51. The van der Waals surface area contributed by atoms with E-state index in [-0.39, 0.29) is 11.8 Å². The minimum atomic E-state index is 0.0946. The number of hydrogen-bond acceptors (Lipinski definition) is 3. The number of carbonyl (C=O) groups is 2. The van der Waals surface area contributed by atoms with Crippen molar-refractivity contribution in [1.82, 2.24) is 19.3 Å². The molecule has 1 aromatic carbocycles. The molecule has 0 atom stereocenters. The summed E-state index contributed by atoms with van der Waals surface area (Å²) in [5.41, 5.74) is 4.13. The predicted molar refractivity (Wildman–Crippen MR) is 120 cm³/mol. The molecule has 162 valence electrons. The molecule has 0 saturated carbocycles. The smallest absolute Gasteiger partial charge is 0.255 e. The number of likely N-dealkylation sites (N-methyl/N-ethyl adjacent to an activating group) is 1. The molecule has 2 heterocycles. The summed E-state index contributed by atoms with van der Waals surface area (Å²) in [6.45, 7) is 13.6. The third kappa shape index (κ3) is 4.93. The van der Waals surface area contributed by atoms with E-state index in [1.165, 1.54) is 5.56 Å². The lowest BCUT2D eigenvalue weighted by molar-refractivity contribution is -0.132. The summed E-state index contributed by atoms with van der Waals surface area (Å²) < 4.78 is 2.21. The third-order valence-electron chi connectivity index (χ3n) is 6.12. The lowest BCUT2D eigenvalue weighted by atomic mass is 10.2. The van der Waals surface area contributed by atoms with Gasteiger partial charge in [0.15, 0.2) is 0 Å². The molecule has 0 aliphatic carbocycles. The van der Waals surface area contributed by atoms with E-state index in [1.54, 1.807) is 0 Å². The first-order valence-corrected chi connectivity index (χ1v) is 10.9. The number of amides is 2. The Balaban J connectivity index is 1.61. The summed E-state index contributed by atoms with van der Waals surface area (Å²) in [5.74, 6) is 0.265. The highest BCUT2D eigenvalue weighted by molar-refractivity contribution is 5.95. The van der Waals surface area contributed by atoms with Crippen LogP contribution in [0, 0.1) is 13.8 Å². The monoisotopic (exact) mass is 410 g/mol. The first-order chi connectivity index (χ1) is 14.4. The molecule has 1 saturated heterocycles. The number of benzene rings is 1. The van der Waals surface area contributed by atoms with Gasteiger partial charge < -0.3 is 14.4 Å². The van der Waals surface area contributed by atoms with Gasteiger partial charge in [-0.05, 0) is 39.3 Å². The van der Waals surface area contributed by atoms with Gasteiger partial charge in [0, 0.05) is 57.2 Å². The van der Waals surface area contributed by atoms with Gasteiger partial charge in [-0.1, -0.05) is 30.3 Å². The highest BCUT2D eigenvalue weighted by Gasteiger charge is 2.26. The summed E-state index contributed by atoms with van der Waals surface area (Å²) in [7, 11) is 0. The largest absolute Gasteiger partial charge is 0.344 e. The molecular formula is C24H34N4O2. The molecule has 0 bridgehead atoms. The van der Waals surface area contributed by atoms with Crippen LogP contribution in [0.3, 0.4) is 0 Å². The van der Waals surface area contributed by atoms with Crippen LogP contribution < -0.4 is 0 Å². The molecule has 6 heteroatoms. The average Bonchev–Trinajstić information content (AvgIpc) is 3.03. The van der Waals surface area contributed by atoms with Gasteiger partial charge in [0.25, 0.3) is 5.91 Å². The van der Waals surface area contributed by atoms with Crippen molar-refractivity contribution in [3.05, 3.63) is 58.9 Å². The Bertz CT molecular complexity index is 863. The summed E-state index contributed by atoms with van der Waals surface area (Å²) in [6, 6.07) is 12.3. The van der Waals surface area contributed by atoms with Gasteiger partial charge in [0.1, 0.15) is 0 Å². The number of rotatable bonds is 7. The number of hydrogen-bond donors (Lipinski definition) is 0. The van der Waals surface area contributed by atoms with Crippen LogP contribution in [0.25, 0.3) is 0 Å². The quantitative estimate of drug-likeness (QED) is 0.705. The zero-order chi connectivity index (χ0) is 21.7. The molecule has 3 rings (SSSR count). The van der Waals surface area contributed by atoms with E-state index in [1.807, 2.05) is 54.8 Å². The number of aryl methyl sites for hydroxylation is 1. The molecule has 30 heavy (non-hydrogen) atoms. The van der Waals surface area contributed by atoms with E-state index in [2.05, 4.69) is 28.5 Å². The highest BCUT2D eigenvalue weighted by Crippen LogP contribution is 2.20. The van der Waals surface area contributed by atoms with E-state index in [9.17, 15) is 9.59 Å². The van der Waals surface area contributed by atoms with Gasteiger partial charge >= 0.3 is 0 Å². The fraction of sp³-hybridized carbons (Fsp3) is 0.500. The van der Waals surface area contributed by atoms with E-state index in [0.717, 1.165) is 49.7 Å². The normalized spacial score (nSPS) is 14.7. The van der Waals surface area contributed by atoms with Crippen molar-refractivity contribution in [3.63, 3.8) is 0 Å². The number of carbonyl (C=O) groups excluding carboxylic acids is 2. The third-order valence-corrected chi connectivity index (χ3v) is 6.12. The summed E-state index contributed by atoms with van der Waals surface area (Å²) in [4.78, 5) is 31.5. The second-order valence-corrected chi connectivity index (χ2v) is 7.99. The van der Waals surface area contributed by atoms with Crippen molar-refractivity contribution in [1.29, 1.82) is 0 Å². The fourth-order valence-corrected chi connectivity index (χ4v) is 4.17. The highest BCUT2D eigenvalue weighted by atomic mass is 16.2. The van der Waals surface area contributed by atoms with Crippen LogP contribution in [-0.4, -0.2) is 76.9 Å². The first kappa shape index (κ1) is 22.1. The Kier molecular flexibility index (Phi) is 7.32. The van der Waals surface area contributed by atoms with Gasteiger partial charge in [-0.3, -0.25) is 14.5 Å². The Morgan fingerprint density at radius 3 is 2.20 bits per heavy atom. The van der Waals surface area contributed by atoms with E-state index in [4.69, 9.17) is 0 Å². The zero-order valence-electron chi connectivity index (χ0n) is 18.7. The van der Waals surface area contributed by atoms with Crippen molar-refractivity contribution >= 4 is 11.8 Å². The van der Waals surface area contributed by atoms with Crippen molar-refractivity contribution in [3.8, 4) is 0 Å². The van der Waals surface area contributed by atoms with Gasteiger partial charge in [-0.25, -0.2) is 0 Å². The number of aromatic nitrogens is 1. The van der Waals surface area contributed by atoms with Crippen molar-refractivity contribution in [2.24, 2.45) is 0 Å². The summed E-state index contributed by atoms with van der Waals surface area (Å²) in [6.07, 6.45) is 0. The van der Waals surface area contributed by atoms with Gasteiger partial charge in [-0.15, -0.1) is 0 Å². The molecule has 2 amide bonds. The van der Waals surface area contributed by atoms with Crippen LogP contribution >= 0.6 is 0 Å². The maximum absolute atomic E-state index is 13.2. The fourth-order valence-electron chi connectivity index (χ4n) is 4.17. The zero-order valence-corrected chi connectivity index (χ0v) is 18.7. The van der Waals surface area contributed by atoms with Crippen LogP contribution in [0.1, 0.15) is 41.2 Å². The Morgan fingerprint density at radius 2 is 1.60 bits per heavy atom. The van der Waals surface area contributed by atoms with Crippen LogP contribution in [0.15, 0.2) is 36.4 Å². The Morgan fingerprint density at radius 1 is 0.967 bits per heavy atom. The van der Waals surface area contributed by atoms with E-state index < -0.39 is 0 Å². The lowest BCUT2D eigenvalue weighted by Gasteiger charge is -2.35. The molecule has 1 aliphatic rings. The molecule has 0 unspecified atom stereocenters. The molecule has 0 N–H and O–H groups in total. The van der Waals surface area contributed by atoms with Gasteiger partial charge in [0.2, 0.25) is 5.91 Å². The van der Waals surface area contributed by atoms with Crippen LogP contribution in [0.4, 0.5) is 0 Å². The predicted octanol–water partition coefficient (Wildman–Crippen LogP) is 2.78. The maximum atomic E-state index is 13.2. The number of nitrogens with zero attached hydrogens (tertiary/aromatic N) is 4. The van der Waals surface area contributed by atoms with Gasteiger partial charge in [0.05, 0.1) is 12.1 Å². The number of piperazine rings is 1. The minimum Gasteiger partial charge on any atom is -0.344 e. The topological polar surface area (TPSA) is 48.8 Å². The van der Waals surface area contributed by atoms with Crippen molar-refractivity contribution in [2.75, 3.05) is 45.8 Å². The molecule has 1 aromatic heterocycles. The molecule has 1 aliphatic heterocycles.